The van der Waals surface area contributed by atoms with Crippen LogP contribution in [0, 0.1) is 34.6 Å². The van der Waals surface area contributed by atoms with Gasteiger partial charge < -0.3 is 9.80 Å². The standard InChI is InChI=1S/C67H69BN2.C16H18.C2H6/c1-13-23-50(14-2)65(7,8)54-33-32-48(5)60(43-54)68-61-44-55(67(11,12)52-28-19-16-20-29-52)36-39-62(61)70(56-37-34-53(35-38-56)66(9,10)51-26-17-15-18-27-51)63-45-59(42-49(6)64(63)68)69(57-30-21-24-46(3)40-57)58-31-22-25-47(4)41-58;1-13-9-11-15(12-10-13)16(2,3)14-7-5-4-6-8-14;1-2/h13-45H,1-12H3;4-12H,1-3H3;1-2H3/b23-13-,50-14+;;. The number of nitrogens with zero attached hydrogens (tertiary/aromatic N) is 2. The van der Waals surface area contributed by atoms with Crippen molar-refractivity contribution in [1.82, 2.24) is 0 Å². The molecule has 0 bridgehead atoms. The fourth-order valence-electron chi connectivity index (χ4n) is 13.1. The maximum atomic E-state index is 2.56. The highest BCUT2D eigenvalue weighted by Gasteiger charge is 2.40. The van der Waals surface area contributed by atoms with Gasteiger partial charge in [-0.25, -0.2) is 0 Å². The molecule has 0 unspecified atom stereocenters. The molecule has 1 aliphatic heterocycles. The van der Waals surface area contributed by atoms with Crippen molar-refractivity contribution in [2.45, 2.75) is 139 Å². The lowest BCUT2D eigenvalue weighted by Crippen LogP contribution is -2.59. The van der Waals surface area contributed by atoms with Gasteiger partial charge in [-0.15, -0.1) is 0 Å². The summed E-state index contributed by atoms with van der Waals surface area (Å²) < 4.78 is 0. The van der Waals surface area contributed by atoms with E-state index in [9.17, 15) is 0 Å². The first kappa shape index (κ1) is 63.8. The van der Waals surface area contributed by atoms with E-state index in [1.165, 1.54) is 100 Å². The minimum absolute atomic E-state index is 0.0592. The van der Waals surface area contributed by atoms with E-state index in [0.29, 0.717) is 0 Å². The van der Waals surface area contributed by atoms with Crippen LogP contribution in [-0.2, 0) is 21.7 Å². The molecule has 88 heavy (non-hydrogen) atoms. The van der Waals surface area contributed by atoms with Crippen LogP contribution in [-0.4, -0.2) is 6.71 Å². The van der Waals surface area contributed by atoms with Gasteiger partial charge >= 0.3 is 0 Å². The molecular weight excluding hydrogens is 1060 g/mol. The van der Waals surface area contributed by atoms with Crippen molar-refractivity contribution < 1.29 is 0 Å². The minimum atomic E-state index is -0.246. The van der Waals surface area contributed by atoms with Crippen LogP contribution >= 0.6 is 0 Å². The molecule has 3 heteroatoms. The molecule has 0 radical (unpaired) electrons. The van der Waals surface area contributed by atoms with E-state index in [1.54, 1.807) is 0 Å². The van der Waals surface area contributed by atoms with Crippen LogP contribution in [0.2, 0.25) is 0 Å². The quantitative estimate of drug-likeness (QED) is 0.0791. The molecule has 446 valence electrons. The summed E-state index contributed by atoms with van der Waals surface area (Å²) >= 11 is 0. The predicted molar refractivity (Wildman–Crippen MR) is 386 cm³/mol. The molecule has 0 spiro atoms. The minimum Gasteiger partial charge on any atom is -0.311 e. The number of hydrogen-bond acceptors (Lipinski definition) is 2. The summed E-state index contributed by atoms with van der Waals surface area (Å²) in [5, 5.41) is 0. The third-order valence-electron chi connectivity index (χ3n) is 18.8. The Kier molecular flexibility index (Phi) is 19.4. The van der Waals surface area contributed by atoms with Gasteiger partial charge in [0.05, 0.1) is 0 Å². The fraction of sp³-hybridized carbons (Fsp3) is 0.247. The molecule has 0 aliphatic carbocycles. The van der Waals surface area contributed by atoms with Crippen LogP contribution in [0.3, 0.4) is 0 Å². The zero-order valence-corrected chi connectivity index (χ0v) is 55.7. The van der Waals surface area contributed by atoms with Crippen LogP contribution in [0.4, 0.5) is 34.1 Å². The summed E-state index contributed by atoms with van der Waals surface area (Å²) in [4.78, 5) is 5.01. The molecule has 0 amide bonds. The van der Waals surface area contributed by atoms with Crippen molar-refractivity contribution in [2.24, 2.45) is 0 Å². The summed E-state index contributed by atoms with van der Waals surface area (Å²) in [6, 6.07) is 88.1. The summed E-state index contributed by atoms with van der Waals surface area (Å²) in [5.41, 5.74) is 27.1. The molecule has 10 aromatic rings. The monoisotopic (exact) mass is 1150 g/mol. The lowest BCUT2D eigenvalue weighted by molar-refractivity contribution is 0.638. The van der Waals surface area contributed by atoms with Crippen LogP contribution < -0.4 is 26.2 Å². The van der Waals surface area contributed by atoms with Gasteiger partial charge in [-0.05, 0) is 170 Å². The molecule has 0 saturated carbocycles. The van der Waals surface area contributed by atoms with Gasteiger partial charge in [0.2, 0.25) is 6.71 Å². The van der Waals surface area contributed by atoms with Gasteiger partial charge in [-0.1, -0.05) is 292 Å². The lowest BCUT2D eigenvalue weighted by Gasteiger charge is -2.41. The second kappa shape index (κ2) is 26.8. The molecular formula is C85H93BN2. The Morgan fingerprint density at radius 1 is 0.375 bits per heavy atom. The van der Waals surface area contributed by atoms with E-state index in [-0.39, 0.29) is 28.4 Å². The molecule has 0 fully saturated rings. The average Bonchev–Trinajstić information content (AvgIpc) is 0.780. The van der Waals surface area contributed by atoms with Crippen molar-refractivity contribution in [3.05, 3.63) is 327 Å². The first-order chi connectivity index (χ1) is 42.1. The number of allylic oxidation sites excluding steroid dienone is 4. The van der Waals surface area contributed by atoms with E-state index in [0.717, 1.165) is 22.7 Å². The predicted octanol–water partition coefficient (Wildman–Crippen LogP) is 21.5. The Hall–Kier alpha value is -8.66. The topological polar surface area (TPSA) is 6.48 Å². The van der Waals surface area contributed by atoms with Crippen LogP contribution in [0.15, 0.2) is 260 Å². The first-order valence-electron chi connectivity index (χ1n) is 31.9. The van der Waals surface area contributed by atoms with Gasteiger partial charge in [-0.2, -0.15) is 0 Å². The maximum Gasteiger partial charge on any atom is 0.247 e. The normalized spacial score (nSPS) is 12.6. The second-order valence-electron chi connectivity index (χ2n) is 26.1. The van der Waals surface area contributed by atoms with E-state index in [4.69, 9.17) is 0 Å². The molecule has 0 aromatic heterocycles. The number of hydrogen-bond donors (Lipinski definition) is 0. The van der Waals surface area contributed by atoms with E-state index in [2.05, 4.69) is 368 Å². The molecule has 2 nitrogen and oxygen atoms in total. The Labute approximate surface area is 530 Å². The molecule has 11 rings (SSSR count). The van der Waals surface area contributed by atoms with Crippen molar-refractivity contribution in [3.8, 4) is 0 Å². The number of rotatable bonds is 14. The van der Waals surface area contributed by atoms with Crippen LogP contribution in [0.1, 0.15) is 150 Å². The zero-order chi connectivity index (χ0) is 63.1. The molecule has 0 saturated heterocycles. The van der Waals surface area contributed by atoms with Crippen molar-refractivity contribution >= 4 is 57.2 Å². The SMILES string of the molecule is C/C=C\C(=C/C)C(C)(C)c1ccc(C)c(B2c3cc(C(C)(C)c4ccccc4)ccc3N(c3ccc(C(C)(C)c4ccccc4)cc3)c3cc(N(c4cccc(C)c4)c4cccc(C)c4)cc(C)c32)c1.CC.Cc1ccc(C(C)(C)c2ccccc2)cc1. The average molecular weight is 1150 g/mol. The largest absolute Gasteiger partial charge is 0.311 e. The highest BCUT2D eigenvalue weighted by molar-refractivity contribution is 6.98. The Morgan fingerprint density at radius 3 is 1.30 bits per heavy atom. The molecule has 1 aliphatic rings. The van der Waals surface area contributed by atoms with Gasteiger partial charge in [-0.3, -0.25) is 0 Å². The number of fused-ring (bicyclic) bond motifs is 2. The van der Waals surface area contributed by atoms with Gasteiger partial charge in [0, 0.05) is 55.8 Å². The second-order valence-corrected chi connectivity index (χ2v) is 26.1. The zero-order valence-electron chi connectivity index (χ0n) is 55.7. The maximum absolute atomic E-state index is 2.56. The summed E-state index contributed by atoms with van der Waals surface area (Å²) in [6.45, 7) is 38.1. The van der Waals surface area contributed by atoms with Crippen molar-refractivity contribution in [2.75, 3.05) is 9.80 Å². The highest BCUT2D eigenvalue weighted by Crippen LogP contribution is 2.45. The van der Waals surface area contributed by atoms with E-state index >= 15 is 0 Å². The van der Waals surface area contributed by atoms with E-state index in [1.807, 2.05) is 13.8 Å². The fourth-order valence-corrected chi connectivity index (χ4v) is 13.1. The summed E-state index contributed by atoms with van der Waals surface area (Å²) in [5.74, 6) is 0. The smallest absolute Gasteiger partial charge is 0.247 e. The van der Waals surface area contributed by atoms with Gasteiger partial charge in [0.15, 0.2) is 0 Å². The Bertz CT molecular complexity index is 4000. The number of benzene rings is 10. The summed E-state index contributed by atoms with van der Waals surface area (Å²) in [7, 11) is 0. The third kappa shape index (κ3) is 13.0. The Balaban J connectivity index is 0.000000440. The van der Waals surface area contributed by atoms with Crippen LogP contribution in [0.25, 0.3) is 0 Å². The Morgan fingerprint density at radius 2 is 0.818 bits per heavy atom. The van der Waals surface area contributed by atoms with Crippen molar-refractivity contribution in [1.29, 1.82) is 0 Å². The van der Waals surface area contributed by atoms with E-state index < -0.39 is 0 Å². The molecule has 0 atom stereocenters. The highest BCUT2D eigenvalue weighted by atomic mass is 15.2. The molecule has 1 heterocycles. The number of anilines is 6. The van der Waals surface area contributed by atoms with Crippen molar-refractivity contribution in [3.63, 3.8) is 0 Å². The molecule has 0 N–H and O–H groups in total. The first-order valence-corrected chi connectivity index (χ1v) is 31.9. The lowest BCUT2D eigenvalue weighted by atomic mass is 9.33. The van der Waals surface area contributed by atoms with Gasteiger partial charge in [0.25, 0.3) is 0 Å². The molecule has 10 aromatic carbocycles. The van der Waals surface area contributed by atoms with Gasteiger partial charge in [0.1, 0.15) is 0 Å². The number of aryl methyl sites for hydroxylation is 5. The third-order valence-corrected chi connectivity index (χ3v) is 18.8. The summed E-state index contributed by atoms with van der Waals surface area (Å²) in [6.07, 6.45) is 6.71. The van der Waals surface area contributed by atoms with Crippen LogP contribution in [0.5, 0.6) is 0 Å².